The number of amides is 1. The zero-order chi connectivity index (χ0) is 15.8. The van der Waals surface area contributed by atoms with Crippen LogP contribution in [0.15, 0.2) is 24.3 Å². The van der Waals surface area contributed by atoms with Crippen LogP contribution in [0.1, 0.15) is 38.7 Å². The molecule has 1 amide bonds. The second kappa shape index (κ2) is 9.78. The van der Waals surface area contributed by atoms with E-state index in [1.807, 2.05) is 18.2 Å². The number of para-hydroxylation sites is 1. The zero-order valence-corrected chi connectivity index (χ0v) is 15.0. The molecule has 1 aromatic carbocycles. The monoisotopic (exact) mass is 340 g/mol. The highest BCUT2D eigenvalue weighted by Gasteiger charge is 2.34. The fourth-order valence-corrected chi connectivity index (χ4v) is 2.79. The summed E-state index contributed by atoms with van der Waals surface area (Å²) in [4.78, 5) is 12.4. The smallest absolute Gasteiger partial charge is 0.226 e. The lowest BCUT2D eigenvalue weighted by atomic mass is 9.80. The molecule has 1 aliphatic rings. The van der Waals surface area contributed by atoms with E-state index in [1.165, 1.54) is 0 Å². The van der Waals surface area contributed by atoms with E-state index in [4.69, 9.17) is 4.74 Å². The average Bonchev–Trinajstić information content (AvgIpc) is 2.54. The van der Waals surface area contributed by atoms with Gasteiger partial charge in [-0.25, -0.2) is 0 Å². The molecule has 0 aromatic heterocycles. The van der Waals surface area contributed by atoms with Gasteiger partial charge < -0.3 is 15.4 Å². The average molecular weight is 341 g/mol. The van der Waals surface area contributed by atoms with Gasteiger partial charge in [-0.2, -0.15) is 0 Å². The van der Waals surface area contributed by atoms with Crippen LogP contribution in [0, 0.1) is 5.41 Å². The highest BCUT2D eigenvalue weighted by Crippen LogP contribution is 2.28. The summed E-state index contributed by atoms with van der Waals surface area (Å²) in [5.41, 5.74) is 0.940. The lowest BCUT2D eigenvalue weighted by Crippen LogP contribution is -2.46. The SMILES string of the molecule is CCCOc1ccccc1CCNC(=O)C1(C)CCNCC1.Cl. The highest BCUT2D eigenvalue weighted by atomic mass is 35.5. The molecule has 0 radical (unpaired) electrons. The minimum atomic E-state index is -0.219. The van der Waals surface area contributed by atoms with Crippen molar-refractivity contribution in [2.45, 2.75) is 39.5 Å². The van der Waals surface area contributed by atoms with E-state index in [-0.39, 0.29) is 23.7 Å². The lowest BCUT2D eigenvalue weighted by Gasteiger charge is -2.32. The van der Waals surface area contributed by atoms with E-state index in [9.17, 15) is 4.79 Å². The molecular weight excluding hydrogens is 312 g/mol. The van der Waals surface area contributed by atoms with E-state index in [2.05, 4.69) is 30.5 Å². The lowest BCUT2D eigenvalue weighted by molar-refractivity contribution is -0.131. The topological polar surface area (TPSA) is 50.4 Å². The van der Waals surface area contributed by atoms with Crippen LogP contribution in [0.4, 0.5) is 0 Å². The van der Waals surface area contributed by atoms with Crippen molar-refractivity contribution in [3.63, 3.8) is 0 Å². The van der Waals surface area contributed by atoms with Gasteiger partial charge in [0.1, 0.15) is 5.75 Å². The molecule has 4 nitrogen and oxygen atoms in total. The number of piperidine rings is 1. The van der Waals surface area contributed by atoms with Gasteiger partial charge in [0, 0.05) is 12.0 Å². The Labute approximate surface area is 145 Å². The van der Waals surface area contributed by atoms with Crippen LogP contribution in [0.25, 0.3) is 0 Å². The summed E-state index contributed by atoms with van der Waals surface area (Å²) in [6.45, 7) is 7.42. The van der Waals surface area contributed by atoms with Gasteiger partial charge in [-0.05, 0) is 50.4 Å². The third-order valence-corrected chi connectivity index (χ3v) is 4.37. The van der Waals surface area contributed by atoms with Crippen LogP contribution >= 0.6 is 12.4 Å². The van der Waals surface area contributed by atoms with Crippen molar-refractivity contribution in [3.8, 4) is 5.75 Å². The maximum atomic E-state index is 12.4. The van der Waals surface area contributed by atoms with Gasteiger partial charge in [0.2, 0.25) is 5.91 Å². The van der Waals surface area contributed by atoms with Gasteiger partial charge in [-0.1, -0.05) is 32.0 Å². The summed E-state index contributed by atoms with van der Waals surface area (Å²) < 4.78 is 5.76. The predicted molar refractivity (Wildman–Crippen MR) is 96.4 cm³/mol. The fraction of sp³-hybridized carbons (Fsp3) is 0.611. The van der Waals surface area contributed by atoms with Crippen molar-refractivity contribution in [1.82, 2.24) is 10.6 Å². The van der Waals surface area contributed by atoms with E-state index in [1.54, 1.807) is 0 Å². The molecule has 2 N–H and O–H groups in total. The summed E-state index contributed by atoms with van der Waals surface area (Å²) in [5.74, 6) is 1.12. The van der Waals surface area contributed by atoms with Crippen molar-refractivity contribution >= 4 is 18.3 Å². The molecule has 1 fully saturated rings. The van der Waals surface area contributed by atoms with Gasteiger partial charge in [-0.3, -0.25) is 4.79 Å². The normalized spacial score (nSPS) is 16.3. The van der Waals surface area contributed by atoms with Gasteiger partial charge in [0.15, 0.2) is 0 Å². The Kier molecular flexibility index (Phi) is 8.42. The van der Waals surface area contributed by atoms with Gasteiger partial charge in [-0.15, -0.1) is 12.4 Å². The standard InChI is InChI=1S/C18H28N2O2.ClH/c1-3-14-22-16-7-5-4-6-15(16)8-11-20-17(21)18(2)9-12-19-13-10-18;/h4-7,19H,3,8-14H2,1-2H3,(H,20,21);1H. The Hall–Kier alpha value is -1.26. The minimum absolute atomic E-state index is 0. The molecule has 1 heterocycles. The van der Waals surface area contributed by atoms with Crippen LogP contribution in [0.3, 0.4) is 0 Å². The Morgan fingerprint density at radius 1 is 1.30 bits per heavy atom. The molecule has 0 atom stereocenters. The minimum Gasteiger partial charge on any atom is -0.493 e. The maximum Gasteiger partial charge on any atom is 0.226 e. The number of benzene rings is 1. The van der Waals surface area contributed by atoms with Crippen molar-refractivity contribution in [2.24, 2.45) is 5.41 Å². The van der Waals surface area contributed by atoms with Crippen LogP contribution in [-0.2, 0) is 11.2 Å². The Bertz CT molecular complexity index is 488. The highest BCUT2D eigenvalue weighted by molar-refractivity contribution is 5.85. The maximum absolute atomic E-state index is 12.4. The summed E-state index contributed by atoms with van der Waals surface area (Å²) >= 11 is 0. The van der Waals surface area contributed by atoms with Crippen LogP contribution in [-0.4, -0.2) is 32.1 Å². The second-order valence-corrected chi connectivity index (χ2v) is 6.27. The number of hydrogen-bond donors (Lipinski definition) is 2. The molecule has 2 rings (SSSR count). The van der Waals surface area contributed by atoms with Crippen molar-refractivity contribution in [2.75, 3.05) is 26.2 Å². The summed E-state index contributed by atoms with van der Waals surface area (Å²) in [6, 6.07) is 8.08. The number of rotatable bonds is 7. The number of ether oxygens (including phenoxy) is 1. The molecule has 0 aliphatic carbocycles. The van der Waals surface area contributed by atoms with E-state index in [0.29, 0.717) is 6.54 Å². The first-order valence-electron chi connectivity index (χ1n) is 8.35. The number of halogens is 1. The number of hydrogen-bond acceptors (Lipinski definition) is 3. The van der Waals surface area contributed by atoms with Gasteiger partial charge >= 0.3 is 0 Å². The van der Waals surface area contributed by atoms with Crippen LogP contribution < -0.4 is 15.4 Å². The quantitative estimate of drug-likeness (QED) is 0.802. The van der Waals surface area contributed by atoms with Crippen molar-refractivity contribution < 1.29 is 9.53 Å². The first-order chi connectivity index (χ1) is 10.7. The molecular formula is C18H29ClN2O2. The zero-order valence-electron chi connectivity index (χ0n) is 14.2. The summed E-state index contributed by atoms with van der Waals surface area (Å²) in [6.07, 6.45) is 3.63. The Morgan fingerprint density at radius 2 is 2.00 bits per heavy atom. The summed E-state index contributed by atoms with van der Waals surface area (Å²) in [5, 5.41) is 6.41. The number of carbonyl (C=O) groups excluding carboxylic acids is 1. The second-order valence-electron chi connectivity index (χ2n) is 6.27. The molecule has 0 spiro atoms. The predicted octanol–water partition coefficient (Wildman–Crippen LogP) is 2.95. The summed E-state index contributed by atoms with van der Waals surface area (Å²) in [7, 11) is 0. The van der Waals surface area contributed by atoms with Crippen molar-refractivity contribution in [1.29, 1.82) is 0 Å². The van der Waals surface area contributed by atoms with E-state index >= 15 is 0 Å². The number of carbonyl (C=O) groups is 1. The Morgan fingerprint density at radius 3 is 2.70 bits per heavy atom. The van der Waals surface area contributed by atoms with E-state index in [0.717, 1.165) is 56.7 Å². The molecule has 1 aliphatic heterocycles. The van der Waals surface area contributed by atoms with Crippen molar-refractivity contribution in [3.05, 3.63) is 29.8 Å². The molecule has 1 aromatic rings. The molecule has 1 saturated heterocycles. The number of nitrogens with one attached hydrogen (secondary N) is 2. The molecule has 0 bridgehead atoms. The first-order valence-corrected chi connectivity index (χ1v) is 8.35. The van der Waals surface area contributed by atoms with E-state index < -0.39 is 0 Å². The molecule has 130 valence electrons. The first kappa shape index (κ1) is 19.8. The Balaban J connectivity index is 0.00000264. The van der Waals surface area contributed by atoms with Gasteiger partial charge in [0.05, 0.1) is 6.61 Å². The molecule has 5 heteroatoms. The third-order valence-electron chi connectivity index (χ3n) is 4.37. The largest absolute Gasteiger partial charge is 0.493 e. The van der Waals surface area contributed by atoms with Crippen LogP contribution in [0.5, 0.6) is 5.75 Å². The van der Waals surface area contributed by atoms with Crippen LogP contribution in [0.2, 0.25) is 0 Å². The molecule has 0 saturated carbocycles. The molecule has 23 heavy (non-hydrogen) atoms. The fourth-order valence-electron chi connectivity index (χ4n) is 2.79. The van der Waals surface area contributed by atoms with Gasteiger partial charge in [0.25, 0.3) is 0 Å². The molecule has 0 unspecified atom stereocenters. The third kappa shape index (κ3) is 5.70.